The minimum absolute atomic E-state index is 0.118. The summed E-state index contributed by atoms with van der Waals surface area (Å²) in [4.78, 5) is 26.8. The molecule has 0 bridgehead atoms. The first-order valence-corrected chi connectivity index (χ1v) is 10.9. The van der Waals surface area contributed by atoms with E-state index in [4.69, 9.17) is 4.74 Å². The van der Waals surface area contributed by atoms with E-state index in [1.165, 1.54) is 10.6 Å². The monoisotopic (exact) mass is 453 g/mol. The number of benzene rings is 2. The molecule has 164 valence electrons. The summed E-state index contributed by atoms with van der Waals surface area (Å²) >= 11 is 0. The number of para-hydroxylation sites is 1. The van der Waals surface area contributed by atoms with Gasteiger partial charge in [-0.3, -0.25) is 4.79 Å². The van der Waals surface area contributed by atoms with Gasteiger partial charge in [-0.05, 0) is 36.4 Å². The van der Waals surface area contributed by atoms with E-state index in [1.54, 1.807) is 43.6 Å². The summed E-state index contributed by atoms with van der Waals surface area (Å²) in [5.41, 5.74) is 1.28. The molecule has 3 N–H and O–H groups in total. The first-order chi connectivity index (χ1) is 15.3. The van der Waals surface area contributed by atoms with Gasteiger partial charge in [0.05, 0.1) is 0 Å². The molecule has 2 aromatic carbocycles. The minimum Gasteiger partial charge on any atom is -0.477 e. The SMILES string of the molecule is Cn1cc(-c2cc(NC[SH](=O)=O)ccc2Oc2ccccc2)c2cc(C(=O)O)[nH]c2c1=O. The van der Waals surface area contributed by atoms with Crippen LogP contribution in [0.5, 0.6) is 11.5 Å². The fourth-order valence-corrected chi connectivity index (χ4v) is 3.69. The van der Waals surface area contributed by atoms with Crippen molar-refractivity contribution >= 4 is 33.3 Å². The van der Waals surface area contributed by atoms with Crippen LogP contribution in [-0.4, -0.2) is 34.9 Å². The van der Waals surface area contributed by atoms with Gasteiger partial charge in [0, 0.05) is 35.4 Å². The Morgan fingerprint density at radius 3 is 2.56 bits per heavy atom. The van der Waals surface area contributed by atoms with Crippen LogP contribution in [0.1, 0.15) is 10.5 Å². The topological polar surface area (TPSA) is 130 Å². The Balaban J connectivity index is 1.94. The van der Waals surface area contributed by atoms with Gasteiger partial charge < -0.3 is 24.7 Å². The van der Waals surface area contributed by atoms with Crippen LogP contribution < -0.4 is 15.6 Å². The van der Waals surface area contributed by atoms with Crippen LogP contribution in [-0.2, 0) is 17.8 Å². The highest BCUT2D eigenvalue weighted by Gasteiger charge is 2.19. The van der Waals surface area contributed by atoms with E-state index in [0.29, 0.717) is 33.7 Å². The molecule has 2 heterocycles. The molecule has 0 aliphatic rings. The molecule has 0 aliphatic carbocycles. The Bertz CT molecular complexity index is 1450. The molecule has 0 saturated carbocycles. The number of ether oxygens (including phenoxy) is 1. The normalized spacial score (nSPS) is 11.1. The summed E-state index contributed by atoms with van der Waals surface area (Å²) in [6, 6.07) is 15.5. The predicted molar refractivity (Wildman–Crippen MR) is 121 cm³/mol. The standard InChI is InChI=1S/C22H19N3O6S/c1-25-11-17(16-10-18(22(27)28)24-20(16)21(25)26)15-9-13(23-12-32(29)30)7-8-19(15)31-14-5-3-2-4-6-14/h2-11,23-24,32H,12H2,1H3,(H,27,28). The third-order valence-electron chi connectivity index (χ3n) is 4.85. The summed E-state index contributed by atoms with van der Waals surface area (Å²) < 4.78 is 29.4. The van der Waals surface area contributed by atoms with Crippen molar-refractivity contribution in [3.05, 3.63) is 76.8 Å². The number of carbonyl (C=O) groups is 1. The maximum absolute atomic E-state index is 12.6. The van der Waals surface area contributed by atoms with Crippen LogP contribution >= 0.6 is 0 Å². The van der Waals surface area contributed by atoms with Crippen molar-refractivity contribution in [2.75, 3.05) is 11.2 Å². The minimum atomic E-state index is -2.64. The smallest absolute Gasteiger partial charge is 0.352 e. The molecule has 0 atom stereocenters. The summed E-state index contributed by atoms with van der Waals surface area (Å²) in [5, 5.41) is 12.6. The molecule has 9 nitrogen and oxygen atoms in total. The third-order valence-corrected chi connectivity index (χ3v) is 5.26. The molecule has 4 rings (SSSR count). The van der Waals surface area contributed by atoms with Crippen molar-refractivity contribution < 1.29 is 23.1 Å². The lowest BCUT2D eigenvalue weighted by Crippen LogP contribution is -2.16. The fourth-order valence-electron chi connectivity index (χ4n) is 3.37. The van der Waals surface area contributed by atoms with Crippen molar-refractivity contribution in [1.29, 1.82) is 0 Å². The zero-order chi connectivity index (χ0) is 22.8. The average Bonchev–Trinajstić information content (AvgIpc) is 3.22. The van der Waals surface area contributed by atoms with Crippen molar-refractivity contribution in [2.24, 2.45) is 7.05 Å². The number of aromatic amines is 1. The van der Waals surface area contributed by atoms with Crippen molar-refractivity contribution in [1.82, 2.24) is 9.55 Å². The number of aromatic nitrogens is 2. The molecule has 32 heavy (non-hydrogen) atoms. The number of aromatic carboxylic acids is 1. The van der Waals surface area contributed by atoms with Gasteiger partial charge >= 0.3 is 5.97 Å². The Labute approximate surface area is 183 Å². The number of hydrogen-bond donors (Lipinski definition) is 4. The summed E-state index contributed by atoms with van der Waals surface area (Å²) in [6.45, 7) is 0. The highest BCUT2D eigenvalue weighted by Crippen LogP contribution is 2.38. The third kappa shape index (κ3) is 4.21. The van der Waals surface area contributed by atoms with Gasteiger partial charge in [0.15, 0.2) is 10.7 Å². The van der Waals surface area contributed by atoms with E-state index in [2.05, 4.69) is 10.3 Å². The first kappa shape index (κ1) is 21.2. The highest BCUT2D eigenvalue weighted by molar-refractivity contribution is 7.72. The Hall–Kier alpha value is -4.05. The number of H-pyrrole nitrogens is 1. The van der Waals surface area contributed by atoms with Gasteiger partial charge in [-0.2, -0.15) is 0 Å². The Morgan fingerprint density at radius 1 is 1.12 bits per heavy atom. The molecule has 2 aromatic heterocycles. The second kappa shape index (κ2) is 8.60. The summed E-state index contributed by atoms with van der Waals surface area (Å²) in [7, 11) is -1.07. The molecule has 10 heteroatoms. The van der Waals surface area contributed by atoms with Crippen LogP contribution in [0.2, 0.25) is 0 Å². The maximum atomic E-state index is 12.6. The lowest BCUT2D eigenvalue weighted by atomic mass is 10.0. The summed E-state index contributed by atoms with van der Waals surface area (Å²) in [5.74, 6) is -0.404. The quantitative estimate of drug-likeness (QED) is 0.317. The van der Waals surface area contributed by atoms with E-state index in [9.17, 15) is 23.1 Å². The fraction of sp³-hybridized carbons (Fsp3) is 0.0909. The molecule has 0 saturated heterocycles. The number of hydrogen-bond acceptors (Lipinski definition) is 6. The number of thiol groups is 1. The van der Waals surface area contributed by atoms with Crippen LogP contribution in [0.4, 0.5) is 5.69 Å². The number of fused-ring (bicyclic) bond motifs is 1. The largest absolute Gasteiger partial charge is 0.477 e. The number of anilines is 1. The molecule has 0 amide bonds. The van der Waals surface area contributed by atoms with E-state index < -0.39 is 16.7 Å². The second-order valence-corrected chi connectivity index (χ2v) is 8.01. The van der Waals surface area contributed by atoms with Gasteiger partial charge in [0.25, 0.3) is 5.56 Å². The van der Waals surface area contributed by atoms with Gasteiger partial charge in [0.2, 0.25) is 0 Å². The van der Waals surface area contributed by atoms with Gasteiger partial charge in [-0.25, -0.2) is 13.2 Å². The van der Waals surface area contributed by atoms with Crippen molar-refractivity contribution in [2.45, 2.75) is 0 Å². The molecule has 0 aliphatic heterocycles. The van der Waals surface area contributed by atoms with Crippen LogP contribution in [0.3, 0.4) is 0 Å². The van der Waals surface area contributed by atoms with Crippen LogP contribution in [0.25, 0.3) is 22.0 Å². The molecular weight excluding hydrogens is 434 g/mol. The van der Waals surface area contributed by atoms with E-state index in [0.717, 1.165) is 0 Å². The zero-order valence-corrected chi connectivity index (χ0v) is 17.8. The van der Waals surface area contributed by atoms with E-state index >= 15 is 0 Å². The van der Waals surface area contributed by atoms with Crippen LogP contribution in [0, 0.1) is 0 Å². The number of nitrogens with zero attached hydrogens (tertiary/aromatic N) is 1. The number of rotatable bonds is 7. The van der Waals surface area contributed by atoms with Crippen molar-refractivity contribution in [3.63, 3.8) is 0 Å². The van der Waals surface area contributed by atoms with Crippen LogP contribution in [0.15, 0.2) is 65.6 Å². The zero-order valence-electron chi connectivity index (χ0n) is 16.9. The van der Waals surface area contributed by atoms with Crippen molar-refractivity contribution in [3.8, 4) is 22.6 Å². The van der Waals surface area contributed by atoms with Gasteiger partial charge in [-0.1, -0.05) is 18.2 Å². The van der Waals surface area contributed by atoms with Gasteiger partial charge in [-0.15, -0.1) is 0 Å². The Morgan fingerprint density at radius 2 is 1.88 bits per heavy atom. The lowest BCUT2D eigenvalue weighted by Gasteiger charge is -2.15. The lowest BCUT2D eigenvalue weighted by molar-refractivity contribution is 0.0691. The van der Waals surface area contributed by atoms with Gasteiger partial charge in [0.1, 0.15) is 28.6 Å². The van der Waals surface area contributed by atoms with E-state index in [1.807, 2.05) is 18.2 Å². The highest BCUT2D eigenvalue weighted by atomic mass is 32.2. The molecule has 4 aromatic rings. The number of carboxylic acids is 1. The average molecular weight is 453 g/mol. The van der Waals surface area contributed by atoms with E-state index in [-0.39, 0.29) is 22.6 Å². The number of pyridine rings is 1. The predicted octanol–water partition coefficient (Wildman–Crippen LogP) is 3.00. The number of aryl methyl sites for hydroxylation is 1. The Kier molecular flexibility index (Phi) is 5.69. The maximum Gasteiger partial charge on any atom is 0.352 e. The molecule has 0 unspecified atom stereocenters. The first-order valence-electron chi connectivity index (χ1n) is 9.52. The second-order valence-electron chi connectivity index (χ2n) is 7.03. The molecule has 0 radical (unpaired) electrons. The number of nitrogens with one attached hydrogen (secondary N) is 2. The summed E-state index contributed by atoms with van der Waals surface area (Å²) in [6.07, 6.45) is 1.59. The molecule has 0 spiro atoms. The molecule has 0 fully saturated rings. The molecular formula is C22H19N3O6S. The number of carboxylic acid groups (broad SMARTS) is 1.